The molecular weight excluding hydrogens is 324 g/mol. The van der Waals surface area contributed by atoms with Gasteiger partial charge in [0.1, 0.15) is 0 Å². The highest BCUT2D eigenvalue weighted by atomic mass is 32.2. The van der Waals surface area contributed by atoms with Gasteiger partial charge in [0.15, 0.2) is 16.7 Å². The molecule has 128 valence electrons. The molecule has 24 heavy (non-hydrogen) atoms. The van der Waals surface area contributed by atoms with Gasteiger partial charge in [0, 0.05) is 12.6 Å². The zero-order chi connectivity index (χ0) is 17.1. The van der Waals surface area contributed by atoms with Crippen molar-refractivity contribution in [1.29, 1.82) is 0 Å². The summed E-state index contributed by atoms with van der Waals surface area (Å²) in [6, 6.07) is 6.05. The first-order valence-electron chi connectivity index (χ1n) is 8.13. The van der Waals surface area contributed by atoms with Crippen LogP contribution in [-0.2, 0) is 4.79 Å². The second-order valence-corrected chi connectivity index (χ2v) is 6.97. The average molecular weight is 346 g/mol. The van der Waals surface area contributed by atoms with Crippen molar-refractivity contribution in [1.82, 2.24) is 4.90 Å². The minimum absolute atomic E-state index is 0.164. The molecule has 0 N–H and O–H groups in total. The summed E-state index contributed by atoms with van der Waals surface area (Å²) in [6.45, 7) is 3.17. The Kier molecular flexibility index (Phi) is 5.14. The van der Waals surface area contributed by atoms with Gasteiger partial charge < -0.3 is 14.4 Å². The molecule has 5 nitrogen and oxygen atoms in total. The third kappa shape index (κ3) is 3.43. The van der Waals surface area contributed by atoms with E-state index in [1.165, 1.54) is 18.2 Å². The zero-order valence-corrected chi connectivity index (χ0v) is 15.1. The number of piperidine rings is 1. The van der Waals surface area contributed by atoms with Crippen LogP contribution < -0.4 is 9.47 Å². The fraction of sp³-hybridized carbons (Fsp3) is 0.444. The lowest BCUT2D eigenvalue weighted by atomic mass is 10.1. The Morgan fingerprint density at radius 3 is 2.75 bits per heavy atom. The van der Waals surface area contributed by atoms with Crippen LogP contribution in [-0.4, -0.2) is 42.8 Å². The monoisotopic (exact) mass is 346 g/mol. The normalized spacial score (nSPS) is 22.7. The molecule has 2 aliphatic rings. The van der Waals surface area contributed by atoms with Crippen LogP contribution in [0, 0.1) is 0 Å². The highest BCUT2D eigenvalue weighted by Crippen LogP contribution is 2.34. The molecule has 0 unspecified atom stereocenters. The zero-order valence-electron chi connectivity index (χ0n) is 14.2. The Bertz CT molecular complexity index is 700. The quantitative estimate of drug-likeness (QED) is 0.784. The van der Waals surface area contributed by atoms with Crippen LogP contribution in [0.3, 0.4) is 0 Å². The predicted molar refractivity (Wildman–Crippen MR) is 97.6 cm³/mol. The summed E-state index contributed by atoms with van der Waals surface area (Å²) in [4.78, 5) is 19.4. The Morgan fingerprint density at radius 2 is 2.04 bits per heavy atom. The van der Waals surface area contributed by atoms with Crippen LogP contribution in [0.5, 0.6) is 11.5 Å². The summed E-state index contributed by atoms with van der Waals surface area (Å²) in [5.74, 6) is 1.15. The van der Waals surface area contributed by atoms with E-state index >= 15 is 0 Å². The van der Waals surface area contributed by atoms with Crippen molar-refractivity contribution in [2.24, 2.45) is 4.99 Å². The number of amides is 1. The first kappa shape index (κ1) is 16.9. The molecule has 6 heteroatoms. The third-order valence-corrected chi connectivity index (χ3v) is 5.38. The number of carbonyl (C=O) groups excluding carboxylic acids is 1. The Balaban J connectivity index is 1.79. The molecule has 1 aromatic rings. The summed E-state index contributed by atoms with van der Waals surface area (Å²) < 4.78 is 10.6. The van der Waals surface area contributed by atoms with E-state index in [1.54, 1.807) is 14.2 Å². The van der Waals surface area contributed by atoms with Gasteiger partial charge in [-0.05, 0) is 61.7 Å². The summed E-state index contributed by atoms with van der Waals surface area (Å²) in [6.07, 6.45) is 5.42. The molecule has 1 aromatic carbocycles. The van der Waals surface area contributed by atoms with Gasteiger partial charge in [-0.3, -0.25) is 4.79 Å². The van der Waals surface area contributed by atoms with Gasteiger partial charge in [0.2, 0.25) is 0 Å². The predicted octanol–water partition coefficient (Wildman–Crippen LogP) is 3.55. The number of rotatable bonds is 3. The van der Waals surface area contributed by atoms with Crippen LogP contribution in [0.15, 0.2) is 28.1 Å². The topological polar surface area (TPSA) is 51.1 Å². The van der Waals surface area contributed by atoms with Crippen molar-refractivity contribution in [3.63, 3.8) is 0 Å². The fourth-order valence-electron chi connectivity index (χ4n) is 3.00. The third-order valence-electron chi connectivity index (χ3n) is 4.36. The highest BCUT2D eigenvalue weighted by molar-refractivity contribution is 8.18. The lowest BCUT2D eigenvalue weighted by Crippen LogP contribution is -2.40. The van der Waals surface area contributed by atoms with Crippen molar-refractivity contribution >= 4 is 28.9 Å². The summed E-state index contributed by atoms with van der Waals surface area (Å²) in [5.41, 5.74) is 0.895. The molecule has 0 spiro atoms. The number of benzene rings is 1. The highest BCUT2D eigenvalue weighted by Gasteiger charge is 2.29. The van der Waals surface area contributed by atoms with E-state index in [1.807, 2.05) is 24.3 Å². The van der Waals surface area contributed by atoms with E-state index in [9.17, 15) is 4.79 Å². The van der Waals surface area contributed by atoms with Gasteiger partial charge in [-0.25, -0.2) is 0 Å². The number of amidine groups is 1. The maximum absolute atomic E-state index is 12.3. The van der Waals surface area contributed by atoms with E-state index < -0.39 is 0 Å². The largest absolute Gasteiger partial charge is 0.493 e. The summed E-state index contributed by atoms with van der Waals surface area (Å²) in [7, 11) is 3.20. The van der Waals surface area contributed by atoms with Crippen LogP contribution in [0.2, 0.25) is 0 Å². The fourth-order valence-corrected chi connectivity index (χ4v) is 4.04. The van der Waals surface area contributed by atoms with Gasteiger partial charge in [-0.2, -0.15) is 4.99 Å². The van der Waals surface area contributed by atoms with Gasteiger partial charge in [0.05, 0.1) is 19.1 Å². The van der Waals surface area contributed by atoms with Crippen molar-refractivity contribution < 1.29 is 14.3 Å². The molecule has 0 aromatic heterocycles. The SMILES string of the molecule is COc1ccc(/C=C2/SC(N3CCCC[C@@H]3C)=NC2=O)cc1OC. The standard InChI is InChI=1S/C18H22N2O3S/c1-12-6-4-5-9-20(12)18-19-17(21)16(24-18)11-13-7-8-14(22-2)15(10-13)23-3/h7-8,10-12H,4-6,9H2,1-3H3/b16-11+/t12-/m0/s1. The second kappa shape index (κ2) is 7.30. The number of aliphatic imine (C=N–C) groups is 1. The Labute approximate surface area is 146 Å². The molecule has 0 saturated carbocycles. The van der Waals surface area contributed by atoms with Crippen molar-refractivity contribution in [2.75, 3.05) is 20.8 Å². The maximum atomic E-state index is 12.3. The minimum Gasteiger partial charge on any atom is -0.493 e. The van der Waals surface area contributed by atoms with E-state index in [-0.39, 0.29) is 5.91 Å². The van der Waals surface area contributed by atoms with Gasteiger partial charge in [0.25, 0.3) is 5.91 Å². The minimum atomic E-state index is -0.164. The van der Waals surface area contributed by atoms with Gasteiger partial charge >= 0.3 is 0 Å². The first-order chi connectivity index (χ1) is 11.6. The lowest BCUT2D eigenvalue weighted by Gasteiger charge is -2.34. The lowest BCUT2D eigenvalue weighted by molar-refractivity contribution is -0.113. The average Bonchev–Trinajstić information content (AvgIpc) is 2.95. The summed E-state index contributed by atoms with van der Waals surface area (Å²) >= 11 is 1.46. The number of thioether (sulfide) groups is 1. The molecule has 2 aliphatic heterocycles. The molecule has 1 fully saturated rings. The van der Waals surface area contributed by atoms with E-state index in [0.717, 1.165) is 30.1 Å². The molecule has 0 bridgehead atoms. The molecular formula is C18H22N2O3S. The number of hydrogen-bond donors (Lipinski definition) is 0. The molecule has 2 heterocycles. The number of likely N-dealkylation sites (tertiary alicyclic amines) is 1. The van der Waals surface area contributed by atoms with E-state index in [0.29, 0.717) is 22.4 Å². The number of ether oxygens (including phenoxy) is 2. The molecule has 1 atom stereocenters. The molecule has 0 aliphatic carbocycles. The molecule has 3 rings (SSSR count). The molecule has 1 amide bonds. The van der Waals surface area contributed by atoms with E-state index in [4.69, 9.17) is 9.47 Å². The van der Waals surface area contributed by atoms with Gasteiger partial charge in [-0.15, -0.1) is 0 Å². The van der Waals surface area contributed by atoms with Crippen molar-refractivity contribution in [3.8, 4) is 11.5 Å². The number of nitrogens with zero attached hydrogens (tertiary/aromatic N) is 2. The number of methoxy groups -OCH3 is 2. The number of hydrogen-bond acceptors (Lipinski definition) is 5. The maximum Gasteiger partial charge on any atom is 0.286 e. The smallest absolute Gasteiger partial charge is 0.286 e. The molecule has 1 saturated heterocycles. The Morgan fingerprint density at radius 1 is 1.25 bits per heavy atom. The van der Waals surface area contributed by atoms with Crippen LogP contribution in [0.25, 0.3) is 6.08 Å². The van der Waals surface area contributed by atoms with E-state index in [2.05, 4.69) is 16.8 Å². The van der Waals surface area contributed by atoms with Crippen molar-refractivity contribution in [2.45, 2.75) is 32.2 Å². The van der Waals surface area contributed by atoms with Crippen LogP contribution in [0.1, 0.15) is 31.7 Å². The second-order valence-electron chi connectivity index (χ2n) is 5.96. The van der Waals surface area contributed by atoms with Crippen molar-refractivity contribution in [3.05, 3.63) is 28.7 Å². The summed E-state index contributed by atoms with van der Waals surface area (Å²) in [5, 5.41) is 0.832. The van der Waals surface area contributed by atoms with Crippen LogP contribution >= 0.6 is 11.8 Å². The Hall–Kier alpha value is -1.95. The number of carbonyl (C=O) groups is 1. The van der Waals surface area contributed by atoms with Crippen LogP contribution in [0.4, 0.5) is 0 Å². The first-order valence-corrected chi connectivity index (χ1v) is 8.95. The van der Waals surface area contributed by atoms with Gasteiger partial charge in [-0.1, -0.05) is 6.07 Å². The molecule has 0 radical (unpaired) electrons.